The van der Waals surface area contributed by atoms with Gasteiger partial charge >= 0.3 is 0 Å². The van der Waals surface area contributed by atoms with Gasteiger partial charge in [0.2, 0.25) is 0 Å². The highest BCUT2D eigenvalue weighted by Gasteiger charge is 2.15. The molecule has 0 saturated heterocycles. The summed E-state index contributed by atoms with van der Waals surface area (Å²) in [4.78, 5) is 0. The van der Waals surface area contributed by atoms with Crippen molar-refractivity contribution in [1.29, 1.82) is 0 Å². The molecule has 1 unspecified atom stereocenters. The van der Waals surface area contributed by atoms with Crippen LogP contribution in [0.1, 0.15) is 20.8 Å². The van der Waals surface area contributed by atoms with Crippen molar-refractivity contribution in [2.24, 2.45) is 5.92 Å². The fourth-order valence-corrected chi connectivity index (χ4v) is 2.57. The van der Waals surface area contributed by atoms with Gasteiger partial charge in [0.15, 0.2) is 0 Å². The molecular formula is C13H19Br2NO. The molecule has 0 aromatic heterocycles. The molecule has 4 heteroatoms. The lowest BCUT2D eigenvalue weighted by atomic mass is 10.1. The van der Waals surface area contributed by atoms with Crippen LogP contribution < -0.4 is 10.1 Å². The molecule has 0 amide bonds. The summed E-state index contributed by atoms with van der Waals surface area (Å²) < 4.78 is 8.06. The molecule has 1 atom stereocenters. The first kappa shape index (κ1) is 15.0. The minimum Gasteiger partial charge on any atom is -0.488 e. The summed E-state index contributed by atoms with van der Waals surface area (Å²) in [6.45, 7) is 8.29. The molecule has 0 spiro atoms. The first-order valence-corrected chi connectivity index (χ1v) is 7.45. The zero-order valence-electron chi connectivity index (χ0n) is 10.5. The maximum absolute atomic E-state index is 6.03. The first-order valence-electron chi connectivity index (χ1n) is 5.87. The van der Waals surface area contributed by atoms with Crippen LogP contribution in [0.2, 0.25) is 0 Å². The Kier molecular flexibility index (Phi) is 6.52. The van der Waals surface area contributed by atoms with Gasteiger partial charge in [-0.05, 0) is 46.6 Å². The summed E-state index contributed by atoms with van der Waals surface area (Å²) >= 11 is 6.95. The molecule has 0 heterocycles. The molecule has 1 aromatic carbocycles. The maximum Gasteiger partial charge on any atom is 0.134 e. The molecular weight excluding hydrogens is 346 g/mol. The van der Waals surface area contributed by atoms with Crippen molar-refractivity contribution in [3.63, 3.8) is 0 Å². The number of benzene rings is 1. The van der Waals surface area contributed by atoms with Crippen LogP contribution in [0, 0.1) is 5.92 Å². The molecule has 1 aromatic rings. The smallest absolute Gasteiger partial charge is 0.134 e. The third-order valence-electron chi connectivity index (χ3n) is 2.51. The number of rotatable bonds is 6. The van der Waals surface area contributed by atoms with Gasteiger partial charge in [0.25, 0.3) is 0 Å². The van der Waals surface area contributed by atoms with Gasteiger partial charge in [0, 0.05) is 11.0 Å². The van der Waals surface area contributed by atoms with Crippen molar-refractivity contribution in [3.8, 4) is 5.75 Å². The second-order valence-corrected chi connectivity index (χ2v) is 6.05. The fourth-order valence-electron chi connectivity index (χ4n) is 1.43. The molecule has 96 valence electrons. The van der Waals surface area contributed by atoms with Gasteiger partial charge in [-0.2, -0.15) is 0 Å². The second kappa shape index (κ2) is 7.39. The van der Waals surface area contributed by atoms with E-state index < -0.39 is 0 Å². The minimum atomic E-state index is 0.187. The van der Waals surface area contributed by atoms with Crippen LogP contribution in [0.5, 0.6) is 5.75 Å². The van der Waals surface area contributed by atoms with E-state index in [4.69, 9.17) is 4.74 Å². The molecule has 0 saturated carbocycles. The van der Waals surface area contributed by atoms with E-state index in [9.17, 15) is 0 Å². The lowest BCUT2D eigenvalue weighted by Crippen LogP contribution is -2.35. The number of likely N-dealkylation sites (N-methyl/N-ethyl adjacent to an activating group) is 1. The lowest BCUT2D eigenvalue weighted by molar-refractivity contribution is 0.148. The van der Waals surface area contributed by atoms with Gasteiger partial charge < -0.3 is 10.1 Å². The standard InChI is InChI=1S/C13H19Br2NO/c1-4-16-8-13(9(2)3)17-12-6-5-10(14)7-11(12)15/h5-7,9,13,16H,4,8H2,1-3H3. The van der Waals surface area contributed by atoms with Crippen LogP contribution in [-0.4, -0.2) is 19.2 Å². The molecule has 0 fully saturated rings. The maximum atomic E-state index is 6.03. The van der Waals surface area contributed by atoms with E-state index in [1.165, 1.54) is 0 Å². The van der Waals surface area contributed by atoms with Crippen molar-refractivity contribution in [2.75, 3.05) is 13.1 Å². The van der Waals surface area contributed by atoms with Crippen LogP contribution in [0.4, 0.5) is 0 Å². The third kappa shape index (κ3) is 4.98. The van der Waals surface area contributed by atoms with Crippen LogP contribution in [0.3, 0.4) is 0 Å². The van der Waals surface area contributed by atoms with Crippen molar-refractivity contribution in [3.05, 3.63) is 27.1 Å². The number of nitrogens with one attached hydrogen (secondary N) is 1. The molecule has 1 N–H and O–H groups in total. The SMILES string of the molecule is CCNCC(Oc1ccc(Br)cc1Br)C(C)C. The van der Waals surface area contributed by atoms with Gasteiger partial charge in [-0.25, -0.2) is 0 Å². The summed E-state index contributed by atoms with van der Waals surface area (Å²) in [7, 11) is 0. The van der Waals surface area contributed by atoms with Crippen LogP contribution in [0.15, 0.2) is 27.1 Å². The highest BCUT2D eigenvalue weighted by molar-refractivity contribution is 9.11. The van der Waals surface area contributed by atoms with E-state index in [1.807, 2.05) is 18.2 Å². The van der Waals surface area contributed by atoms with Gasteiger partial charge in [-0.15, -0.1) is 0 Å². The highest BCUT2D eigenvalue weighted by atomic mass is 79.9. The predicted octanol–water partition coefficient (Wildman–Crippen LogP) is 4.22. The number of hydrogen-bond acceptors (Lipinski definition) is 2. The molecule has 0 aliphatic rings. The number of hydrogen-bond donors (Lipinski definition) is 1. The Morgan fingerprint density at radius 1 is 1.29 bits per heavy atom. The Morgan fingerprint density at radius 2 is 2.00 bits per heavy atom. The van der Waals surface area contributed by atoms with Crippen LogP contribution in [0.25, 0.3) is 0 Å². The molecule has 0 aliphatic carbocycles. The molecule has 0 radical (unpaired) electrons. The summed E-state index contributed by atoms with van der Waals surface area (Å²) in [6, 6.07) is 5.97. The van der Waals surface area contributed by atoms with Crippen LogP contribution in [-0.2, 0) is 0 Å². The molecule has 2 nitrogen and oxygen atoms in total. The van der Waals surface area contributed by atoms with E-state index in [0.29, 0.717) is 5.92 Å². The topological polar surface area (TPSA) is 21.3 Å². The fraction of sp³-hybridized carbons (Fsp3) is 0.538. The molecule has 1 rings (SSSR count). The van der Waals surface area contributed by atoms with Gasteiger partial charge in [-0.1, -0.05) is 36.7 Å². The molecule has 0 bridgehead atoms. The first-order chi connectivity index (χ1) is 8.04. The Morgan fingerprint density at radius 3 is 2.53 bits per heavy atom. The second-order valence-electron chi connectivity index (χ2n) is 4.28. The Hall–Kier alpha value is -0.0600. The summed E-state index contributed by atoms with van der Waals surface area (Å²) in [5.41, 5.74) is 0. The van der Waals surface area contributed by atoms with Gasteiger partial charge in [0.1, 0.15) is 11.9 Å². The predicted molar refractivity (Wildman–Crippen MR) is 79.6 cm³/mol. The van der Waals surface area contributed by atoms with Gasteiger partial charge in [-0.3, -0.25) is 0 Å². The largest absolute Gasteiger partial charge is 0.488 e. The monoisotopic (exact) mass is 363 g/mol. The summed E-state index contributed by atoms with van der Waals surface area (Å²) in [5, 5.41) is 3.33. The van der Waals surface area contributed by atoms with E-state index in [1.54, 1.807) is 0 Å². The van der Waals surface area contributed by atoms with E-state index in [-0.39, 0.29) is 6.10 Å². The van der Waals surface area contributed by atoms with Crippen molar-refractivity contribution in [2.45, 2.75) is 26.9 Å². The normalized spacial score (nSPS) is 12.8. The van der Waals surface area contributed by atoms with Crippen LogP contribution >= 0.6 is 31.9 Å². The quantitative estimate of drug-likeness (QED) is 0.815. The Labute approximate surface area is 120 Å². The Balaban J connectivity index is 2.71. The molecule has 0 aliphatic heterocycles. The van der Waals surface area contributed by atoms with Gasteiger partial charge in [0.05, 0.1) is 4.47 Å². The Bertz CT molecular complexity index is 355. The zero-order valence-corrected chi connectivity index (χ0v) is 13.6. The third-order valence-corrected chi connectivity index (χ3v) is 3.62. The average Bonchev–Trinajstić information content (AvgIpc) is 2.26. The van der Waals surface area contributed by atoms with E-state index in [0.717, 1.165) is 27.8 Å². The summed E-state index contributed by atoms with van der Waals surface area (Å²) in [5.74, 6) is 1.37. The number of ether oxygens (including phenoxy) is 1. The minimum absolute atomic E-state index is 0.187. The number of halogens is 2. The summed E-state index contributed by atoms with van der Waals surface area (Å²) in [6.07, 6.45) is 0.187. The van der Waals surface area contributed by atoms with Crippen molar-refractivity contribution in [1.82, 2.24) is 5.32 Å². The van der Waals surface area contributed by atoms with Crippen molar-refractivity contribution < 1.29 is 4.74 Å². The molecule has 17 heavy (non-hydrogen) atoms. The highest BCUT2D eigenvalue weighted by Crippen LogP contribution is 2.29. The van der Waals surface area contributed by atoms with E-state index >= 15 is 0 Å². The lowest BCUT2D eigenvalue weighted by Gasteiger charge is -2.23. The van der Waals surface area contributed by atoms with Crippen molar-refractivity contribution >= 4 is 31.9 Å². The zero-order chi connectivity index (χ0) is 12.8. The van der Waals surface area contributed by atoms with E-state index in [2.05, 4.69) is 57.9 Å². The average molecular weight is 365 g/mol.